The molecule has 0 fully saturated rings. The summed E-state index contributed by atoms with van der Waals surface area (Å²) in [5.41, 5.74) is 8.36. The first kappa shape index (κ1) is 9.86. The second-order valence-corrected chi connectivity index (χ2v) is 2.91. The van der Waals surface area contributed by atoms with Crippen LogP contribution in [0.2, 0.25) is 10.0 Å². The Morgan fingerprint density at radius 1 is 1.38 bits per heavy atom. The van der Waals surface area contributed by atoms with E-state index in [0.29, 0.717) is 6.29 Å². The number of nitrogens with zero attached hydrogens (tertiary/aromatic N) is 3. The third kappa shape index (κ3) is 1.92. The number of benzene rings is 1. The van der Waals surface area contributed by atoms with Gasteiger partial charge in [-0.15, -0.1) is 0 Å². The molecular weight excluding hydrogens is 213 g/mol. The highest BCUT2D eigenvalue weighted by Gasteiger charge is 2.08. The molecule has 0 radical (unpaired) electrons. The number of hydrogen-bond donors (Lipinski definition) is 0. The average molecular weight is 216 g/mol. The van der Waals surface area contributed by atoms with Gasteiger partial charge in [-0.3, -0.25) is 4.79 Å². The van der Waals surface area contributed by atoms with Crippen molar-refractivity contribution in [3.63, 3.8) is 0 Å². The van der Waals surface area contributed by atoms with Gasteiger partial charge in [0.25, 0.3) is 0 Å². The van der Waals surface area contributed by atoms with Crippen molar-refractivity contribution in [1.29, 1.82) is 0 Å². The molecule has 0 bridgehead atoms. The van der Waals surface area contributed by atoms with E-state index in [1.165, 1.54) is 12.1 Å². The molecule has 6 heteroatoms. The zero-order chi connectivity index (χ0) is 9.84. The molecule has 0 saturated carbocycles. The summed E-state index contributed by atoms with van der Waals surface area (Å²) in [5, 5.41) is 3.68. The lowest BCUT2D eigenvalue weighted by Gasteiger charge is -2.01. The summed E-state index contributed by atoms with van der Waals surface area (Å²) < 4.78 is 0. The molecule has 0 aliphatic carbocycles. The molecular formula is C7H3Cl2N3O. The van der Waals surface area contributed by atoms with Gasteiger partial charge in [-0.1, -0.05) is 28.3 Å². The van der Waals surface area contributed by atoms with E-state index in [-0.39, 0.29) is 21.3 Å². The van der Waals surface area contributed by atoms with Crippen LogP contribution in [0.4, 0.5) is 5.69 Å². The predicted octanol–water partition coefficient (Wildman–Crippen LogP) is 3.75. The van der Waals surface area contributed by atoms with E-state index in [1.54, 1.807) is 0 Å². The number of halogens is 2. The largest absolute Gasteiger partial charge is 0.298 e. The molecule has 0 unspecified atom stereocenters. The number of carbonyl (C=O) groups excluding carboxylic acids is 1. The quantitative estimate of drug-likeness (QED) is 0.321. The molecule has 0 saturated heterocycles. The van der Waals surface area contributed by atoms with E-state index < -0.39 is 0 Å². The summed E-state index contributed by atoms with van der Waals surface area (Å²) in [6.45, 7) is 0. The molecule has 1 rings (SSSR count). The highest BCUT2D eigenvalue weighted by atomic mass is 35.5. The Balaban J connectivity index is 3.51. The first-order valence-corrected chi connectivity index (χ1v) is 3.94. The van der Waals surface area contributed by atoms with Gasteiger partial charge in [0.2, 0.25) is 0 Å². The minimum absolute atomic E-state index is 0.0617. The van der Waals surface area contributed by atoms with E-state index in [4.69, 9.17) is 28.7 Å². The number of azide groups is 1. The zero-order valence-corrected chi connectivity index (χ0v) is 7.75. The Morgan fingerprint density at radius 2 is 2.00 bits per heavy atom. The highest BCUT2D eigenvalue weighted by molar-refractivity contribution is 6.37. The Morgan fingerprint density at radius 3 is 2.54 bits per heavy atom. The zero-order valence-electron chi connectivity index (χ0n) is 6.24. The minimum atomic E-state index is 0.0617. The standard InChI is InChI=1S/C7H3Cl2N3O/c8-5-1-2-6(9)7(11-12-10)4(5)3-13/h1-3H. The van der Waals surface area contributed by atoms with Gasteiger partial charge >= 0.3 is 0 Å². The molecule has 0 spiro atoms. The van der Waals surface area contributed by atoms with Gasteiger partial charge < -0.3 is 0 Å². The lowest BCUT2D eigenvalue weighted by Crippen LogP contribution is -1.83. The summed E-state index contributed by atoms with van der Waals surface area (Å²) in [6.07, 6.45) is 0.498. The summed E-state index contributed by atoms with van der Waals surface area (Å²) in [7, 11) is 0. The smallest absolute Gasteiger partial charge is 0.152 e. The van der Waals surface area contributed by atoms with Crippen molar-refractivity contribution in [3.8, 4) is 0 Å². The molecule has 66 valence electrons. The van der Waals surface area contributed by atoms with Crippen LogP contribution in [0.25, 0.3) is 10.4 Å². The van der Waals surface area contributed by atoms with Crippen molar-refractivity contribution in [2.75, 3.05) is 0 Å². The summed E-state index contributed by atoms with van der Waals surface area (Å²) in [5.74, 6) is 0. The topological polar surface area (TPSA) is 65.8 Å². The van der Waals surface area contributed by atoms with Gasteiger partial charge in [0.05, 0.1) is 15.7 Å². The van der Waals surface area contributed by atoms with Crippen LogP contribution in [0.5, 0.6) is 0 Å². The second-order valence-electron chi connectivity index (χ2n) is 2.10. The van der Waals surface area contributed by atoms with Crippen molar-refractivity contribution in [2.45, 2.75) is 0 Å². The van der Waals surface area contributed by atoms with Crippen LogP contribution in [0, 0.1) is 0 Å². The van der Waals surface area contributed by atoms with Crippen LogP contribution < -0.4 is 0 Å². The highest BCUT2D eigenvalue weighted by Crippen LogP contribution is 2.32. The van der Waals surface area contributed by atoms with E-state index in [2.05, 4.69) is 10.0 Å². The minimum Gasteiger partial charge on any atom is -0.298 e. The summed E-state index contributed by atoms with van der Waals surface area (Å²) in [4.78, 5) is 13.1. The lowest BCUT2D eigenvalue weighted by molar-refractivity contribution is 0.112. The molecule has 1 aromatic carbocycles. The number of aldehydes is 1. The van der Waals surface area contributed by atoms with Gasteiger partial charge in [-0.2, -0.15) is 0 Å². The predicted molar refractivity (Wildman–Crippen MR) is 50.7 cm³/mol. The molecule has 0 aliphatic rings. The van der Waals surface area contributed by atoms with Crippen molar-refractivity contribution in [1.82, 2.24) is 0 Å². The fourth-order valence-corrected chi connectivity index (χ4v) is 1.21. The Bertz CT molecular complexity index is 399. The van der Waals surface area contributed by atoms with E-state index in [0.717, 1.165) is 0 Å². The van der Waals surface area contributed by atoms with Crippen LogP contribution in [-0.4, -0.2) is 6.29 Å². The second kappa shape index (κ2) is 4.14. The monoisotopic (exact) mass is 215 g/mol. The van der Waals surface area contributed by atoms with Gasteiger partial charge in [-0.25, -0.2) is 0 Å². The maximum Gasteiger partial charge on any atom is 0.152 e. The molecule has 0 aromatic heterocycles. The van der Waals surface area contributed by atoms with E-state index in [9.17, 15) is 4.79 Å². The van der Waals surface area contributed by atoms with Crippen LogP contribution >= 0.6 is 23.2 Å². The fraction of sp³-hybridized carbons (Fsp3) is 0. The summed E-state index contributed by atoms with van der Waals surface area (Å²) >= 11 is 11.3. The maximum absolute atomic E-state index is 10.5. The fourth-order valence-electron chi connectivity index (χ4n) is 0.815. The molecule has 13 heavy (non-hydrogen) atoms. The first-order valence-electron chi connectivity index (χ1n) is 3.19. The van der Waals surface area contributed by atoms with Gasteiger partial charge in [0.15, 0.2) is 6.29 Å². The molecule has 4 nitrogen and oxygen atoms in total. The SMILES string of the molecule is [N-]=[N+]=Nc1c(Cl)ccc(Cl)c1C=O. The lowest BCUT2D eigenvalue weighted by atomic mass is 10.2. The van der Waals surface area contributed by atoms with Crippen LogP contribution in [0.3, 0.4) is 0 Å². The van der Waals surface area contributed by atoms with Crippen molar-refractivity contribution >= 4 is 35.2 Å². The van der Waals surface area contributed by atoms with Gasteiger partial charge in [0, 0.05) is 10.5 Å². The number of hydrogen-bond acceptors (Lipinski definition) is 2. The summed E-state index contributed by atoms with van der Waals surface area (Å²) in [6, 6.07) is 2.92. The van der Waals surface area contributed by atoms with Crippen molar-refractivity contribution in [2.24, 2.45) is 5.11 Å². The molecule has 0 heterocycles. The maximum atomic E-state index is 10.5. The molecule has 0 aliphatic heterocycles. The van der Waals surface area contributed by atoms with Gasteiger partial charge in [0.1, 0.15) is 0 Å². The number of rotatable bonds is 2. The third-order valence-electron chi connectivity index (χ3n) is 1.38. The van der Waals surface area contributed by atoms with E-state index >= 15 is 0 Å². The van der Waals surface area contributed by atoms with Crippen molar-refractivity contribution < 1.29 is 4.79 Å². The first-order chi connectivity index (χ1) is 6.20. The van der Waals surface area contributed by atoms with Crippen LogP contribution in [0.1, 0.15) is 10.4 Å². The molecule has 1 aromatic rings. The average Bonchev–Trinajstić information content (AvgIpc) is 2.12. The Hall–Kier alpha value is -1.22. The normalized spacial score (nSPS) is 9.08. The molecule has 0 atom stereocenters. The third-order valence-corrected chi connectivity index (χ3v) is 2.01. The van der Waals surface area contributed by atoms with Crippen LogP contribution in [0.15, 0.2) is 17.2 Å². The van der Waals surface area contributed by atoms with E-state index in [1.807, 2.05) is 0 Å². The van der Waals surface area contributed by atoms with Crippen molar-refractivity contribution in [3.05, 3.63) is 38.2 Å². The number of carbonyl (C=O) groups is 1. The molecule has 0 N–H and O–H groups in total. The Kier molecular flexibility index (Phi) is 3.14. The Labute approximate surface area is 83.7 Å². The van der Waals surface area contributed by atoms with Gasteiger partial charge in [-0.05, 0) is 17.7 Å². The molecule has 0 amide bonds. The van der Waals surface area contributed by atoms with Crippen LogP contribution in [-0.2, 0) is 0 Å².